The lowest BCUT2D eigenvalue weighted by Gasteiger charge is -2.35. The number of phenolic OH excluding ortho intramolecular Hbond substituents is 1. The topological polar surface area (TPSA) is 83.0 Å². The molecule has 5 aliphatic rings. The number of piperazine rings is 1. The number of halogens is 2. The van der Waals surface area contributed by atoms with Crippen molar-refractivity contribution in [3.8, 4) is 35.2 Å². The molecular weight excluding hydrogens is 629 g/mol. The lowest BCUT2D eigenvalue weighted by atomic mass is 9.90. The standard InChI is InChI=1S/C38H39ClFN5O3/c1-3-27-31(40)7-4-23-14-26(46)15-28(33(23)27)32-22(2)34-29(16-30(32)39)35(45-17-24-5-6-25(18-45)41-24)43-36(42-34)47-21-37(8-9-37)19-44-12-13-48-38(20-44)10-11-38/h1,4,7,14-16,24-25,41,46H,5-6,8-13,17-21H2,2H3. The summed E-state index contributed by atoms with van der Waals surface area (Å²) in [6, 6.07) is 9.21. The van der Waals surface area contributed by atoms with Crippen molar-refractivity contribution >= 4 is 39.1 Å². The Labute approximate surface area is 284 Å². The highest BCUT2D eigenvalue weighted by atomic mass is 35.5. The first-order valence-electron chi connectivity index (χ1n) is 17.2. The molecule has 0 amide bonds. The molecule has 0 radical (unpaired) electrons. The van der Waals surface area contributed by atoms with Crippen LogP contribution < -0.4 is 15.0 Å². The van der Waals surface area contributed by atoms with E-state index in [1.54, 1.807) is 18.2 Å². The Bertz CT molecular complexity index is 2010. The summed E-state index contributed by atoms with van der Waals surface area (Å²) in [4.78, 5) is 15.0. The van der Waals surface area contributed by atoms with Crippen LogP contribution in [0.5, 0.6) is 11.8 Å². The third-order valence-corrected chi connectivity index (χ3v) is 11.6. The van der Waals surface area contributed by atoms with Crippen LogP contribution in [-0.2, 0) is 4.74 Å². The first-order valence-corrected chi connectivity index (χ1v) is 17.5. The molecule has 4 aromatic rings. The SMILES string of the molecule is C#Cc1c(F)ccc2cc(O)cc(-c3c(Cl)cc4c(N5CC6CCC(C5)N6)nc(OCC5(CN6CCOC7(CC7)C6)CC5)nc4c3C)c12. The minimum absolute atomic E-state index is 0.0361. The number of aromatic nitrogens is 2. The normalized spacial score (nSPS) is 23.9. The average Bonchev–Trinajstić information content (AvgIpc) is 3.99. The van der Waals surface area contributed by atoms with Crippen LogP contribution in [0.3, 0.4) is 0 Å². The van der Waals surface area contributed by atoms with Gasteiger partial charge in [-0.25, -0.2) is 4.39 Å². The highest BCUT2D eigenvalue weighted by Gasteiger charge is 2.51. The van der Waals surface area contributed by atoms with Gasteiger partial charge in [0.1, 0.15) is 17.4 Å². The molecule has 3 aliphatic heterocycles. The summed E-state index contributed by atoms with van der Waals surface area (Å²) in [5.74, 6) is 2.87. The molecule has 1 spiro atoms. The second-order valence-electron chi connectivity index (χ2n) is 14.8. The molecule has 9 rings (SSSR count). The summed E-state index contributed by atoms with van der Waals surface area (Å²) in [6.07, 6.45) is 12.7. The van der Waals surface area contributed by atoms with E-state index in [-0.39, 0.29) is 22.3 Å². The Morgan fingerprint density at radius 3 is 2.67 bits per heavy atom. The first kappa shape index (κ1) is 30.4. The Balaban J connectivity index is 1.13. The van der Waals surface area contributed by atoms with E-state index in [4.69, 9.17) is 37.5 Å². The number of benzene rings is 3. The largest absolute Gasteiger partial charge is 0.508 e. The maximum Gasteiger partial charge on any atom is 0.318 e. The van der Waals surface area contributed by atoms with Crippen LogP contribution in [0.2, 0.25) is 5.02 Å². The predicted molar refractivity (Wildman–Crippen MR) is 185 cm³/mol. The summed E-state index contributed by atoms with van der Waals surface area (Å²) in [5, 5.41) is 16.9. The zero-order valence-corrected chi connectivity index (χ0v) is 27.9. The summed E-state index contributed by atoms with van der Waals surface area (Å²) in [7, 11) is 0. The van der Waals surface area contributed by atoms with Gasteiger partial charge in [0.15, 0.2) is 0 Å². The number of ether oxygens (including phenoxy) is 2. The molecule has 248 valence electrons. The van der Waals surface area contributed by atoms with Gasteiger partial charge in [-0.3, -0.25) is 4.90 Å². The molecule has 2 atom stereocenters. The minimum Gasteiger partial charge on any atom is -0.508 e. The lowest BCUT2D eigenvalue weighted by Crippen LogP contribution is -2.51. The molecule has 2 bridgehead atoms. The lowest BCUT2D eigenvalue weighted by molar-refractivity contribution is -0.0532. The molecule has 10 heteroatoms. The molecule has 3 saturated heterocycles. The maximum atomic E-state index is 15.0. The molecule has 2 saturated carbocycles. The Morgan fingerprint density at radius 2 is 1.94 bits per heavy atom. The van der Waals surface area contributed by atoms with Crippen molar-refractivity contribution in [2.24, 2.45) is 5.41 Å². The van der Waals surface area contributed by atoms with E-state index in [1.807, 2.05) is 13.0 Å². The van der Waals surface area contributed by atoms with Gasteiger partial charge in [0.2, 0.25) is 0 Å². The summed E-state index contributed by atoms with van der Waals surface area (Å²) < 4.78 is 27.6. The van der Waals surface area contributed by atoms with Gasteiger partial charge in [0.05, 0.1) is 29.9 Å². The number of hydrogen-bond acceptors (Lipinski definition) is 8. The number of fused-ring (bicyclic) bond motifs is 4. The van der Waals surface area contributed by atoms with E-state index in [0.717, 1.165) is 94.6 Å². The molecule has 5 fully saturated rings. The fourth-order valence-electron chi connectivity index (χ4n) is 8.44. The van der Waals surface area contributed by atoms with Gasteiger partial charge in [-0.1, -0.05) is 23.6 Å². The van der Waals surface area contributed by atoms with E-state index in [0.29, 0.717) is 57.1 Å². The number of aromatic hydroxyl groups is 1. The van der Waals surface area contributed by atoms with Crippen molar-refractivity contribution in [2.75, 3.05) is 50.8 Å². The van der Waals surface area contributed by atoms with Gasteiger partial charge in [0.25, 0.3) is 0 Å². The van der Waals surface area contributed by atoms with Crippen LogP contribution in [0.4, 0.5) is 10.2 Å². The van der Waals surface area contributed by atoms with E-state index < -0.39 is 5.82 Å². The number of nitrogens with one attached hydrogen (secondary N) is 1. The van der Waals surface area contributed by atoms with Crippen molar-refractivity contribution in [3.05, 3.63) is 52.3 Å². The zero-order chi connectivity index (χ0) is 32.8. The van der Waals surface area contributed by atoms with Crippen molar-refractivity contribution in [3.63, 3.8) is 0 Å². The second-order valence-corrected chi connectivity index (χ2v) is 15.2. The molecule has 8 nitrogen and oxygen atoms in total. The summed E-state index contributed by atoms with van der Waals surface area (Å²) >= 11 is 7.14. The van der Waals surface area contributed by atoms with Gasteiger partial charge in [-0.15, -0.1) is 6.42 Å². The van der Waals surface area contributed by atoms with Crippen molar-refractivity contribution in [1.29, 1.82) is 0 Å². The molecule has 2 aliphatic carbocycles. The first-order chi connectivity index (χ1) is 23.2. The Morgan fingerprint density at radius 1 is 1.15 bits per heavy atom. The quantitative estimate of drug-likeness (QED) is 0.226. The summed E-state index contributed by atoms with van der Waals surface area (Å²) in [5.41, 5.74) is 3.01. The number of anilines is 1. The number of terminal acetylenes is 1. The number of hydrogen-bond donors (Lipinski definition) is 2. The van der Waals surface area contributed by atoms with Gasteiger partial charge < -0.3 is 24.8 Å². The van der Waals surface area contributed by atoms with Crippen LogP contribution in [0, 0.1) is 30.5 Å². The number of aryl methyl sites for hydroxylation is 1. The molecule has 2 N–H and O–H groups in total. The molecule has 48 heavy (non-hydrogen) atoms. The van der Waals surface area contributed by atoms with Crippen molar-refractivity contribution < 1.29 is 19.0 Å². The van der Waals surface area contributed by atoms with Crippen LogP contribution in [0.25, 0.3) is 32.8 Å². The van der Waals surface area contributed by atoms with Crippen LogP contribution >= 0.6 is 11.6 Å². The number of rotatable bonds is 7. The second kappa shape index (κ2) is 11.2. The third kappa shape index (κ3) is 5.25. The molecular formula is C38H39ClFN5O3. The smallest absolute Gasteiger partial charge is 0.318 e. The number of morpholine rings is 1. The van der Waals surface area contributed by atoms with Crippen molar-refractivity contribution in [1.82, 2.24) is 20.2 Å². The molecule has 3 aromatic carbocycles. The van der Waals surface area contributed by atoms with Crippen molar-refractivity contribution in [2.45, 2.75) is 63.1 Å². The Hall–Kier alpha value is -3.68. The van der Waals surface area contributed by atoms with Crippen LogP contribution in [0.15, 0.2) is 30.3 Å². The van der Waals surface area contributed by atoms with Crippen LogP contribution in [-0.4, -0.2) is 83.6 Å². The number of phenols is 1. The van der Waals surface area contributed by atoms with Crippen LogP contribution in [0.1, 0.15) is 49.7 Å². The summed E-state index contributed by atoms with van der Waals surface area (Å²) in [6.45, 7) is 7.96. The van der Waals surface area contributed by atoms with E-state index in [1.165, 1.54) is 6.07 Å². The highest BCUT2D eigenvalue weighted by molar-refractivity contribution is 6.35. The minimum atomic E-state index is -0.501. The fourth-order valence-corrected chi connectivity index (χ4v) is 8.79. The van der Waals surface area contributed by atoms with Gasteiger partial charge in [0, 0.05) is 71.6 Å². The highest BCUT2D eigenvalue weighted by Crippen LogP contribution is 2.49. The van der Waals surface area contributed by atoms with Gasteiger partial charge in [-0.2, -0.15) is 9.97 Å². The molecule has 1 aromatic heterocycles. The molecule has 2 unspecified atom stereocenters. The van der Waals surface area contributed by atoms with Gasteiger partial charge >= 0.3 is 6.01 Å². The number of nitrogens with zero attached hydrogens (tertiary/aromatic N) is 4. The zero-order valence-electron chi connectivity index (χ0n) is 27.1. The fraction of sp³-hybridized carbons (Fsp3) is 0.474. The predicted octanol–water partition coefficient (Wildman–Crippen LogP) is 6.20. The van der Waals surface area contributed by atoms with E-state index in [9.17, 15) is 5.11 Å². The average molecular weight is 668 g/mol. The monoisotopic (exact) mass is 667 g/mol. The third-order valence-electron chi connectivity index (χ3n) is 11.3. The Kier molecular flexibility index (Phi) is 7.07. The maximum absolute atomic E-state index is 15.0. The van der Waals surface area contributed by atoms with Gasteiger partial charge in [-0.05, 0) is 86.2 Å². The van der Waals surface area contributed by atoms with E-state index >= 15 is 4.39 Å². The van der Waals surface area contributed by atoms with E-state index in [2.05, 4.69) is 21.0 Å². The molecule has 4 heterocycles.